The average molecular weight is 539 g/mol. The Hall–Kier alpha value is -5.08. The van der Waals surface area contributed by atoms with E-state index in [1.165, 1.54) is 78.3 Å². The fourth-order valence-corrected chi connectivity index (χ4v) is 7.65. The predicted octanol–water partition coefficient (Wildman–Crippen LogP) is 11.0. The third-order valence-corrected chi connectivity index (χ3v) is 9.54. The monoisotopic (exact) mass is 538 g/mol. The Labute approximate surface area is 246 Å². The zero-order valence-corrected chi connectivity index (χ0v) is 23.8. The molecule has 0 fully saturated rings. The first-order chi connectivity index (χ1) is 20.6. The van der Waals surface area contributed by atoms with Gasteiger partial charge < -0.3 is 9.80 Å². The maximum Gasteiger partial charge on any atom is 0.0745 e. The highest BCUT2D eigenvalue weighted by Gasteiger charge is 2.38. The number of hydrogen-bond donors (Lipinski definition) is 0. The lowest BCUT2D eigenvalue weighted by molar-refractivity contribution is 0.660. The van der Waals surface area contributed by atoms with Gasteiger partial charge in [0.1, 0.15) is 0 Å². The Morgan fingerprint density at radius 1 is 0.571 bits per heavy atom. The first-order valence-corrected chi connectivity index (χ1v) is 14.9. The molecule has 6 aromatic carbocycles. The summed E-state index contributed by atoms with van der Waals surface area (Å²) in [7, 11) is 0. The lowest BCUT2D eigenvalue weighted by atomic mass is 9.82. The molecule has 6 aromatic rings. The number of benzene rings is 6. The zero-order chi connectivity index (χ0) is 28.0. The maximum atomic E-state index is 2.50. The van der Waals surface area contributed by atoms with E-state index < -0.39 is 0 Å². The molecule has 1 aliphatic heterocycles. The van der Waals surface area contributed by atoms with Gasteiger partial charge in [-0.05, 0) is 93.0 Å². The Kier molecular flexibility index (Phi) is 4.76. The second kappa shape index (κ2) is 8.47. The van der Waals surface area contributed by atoms with Crippen molar-refractivity contribution in [3.63, 3.8) is 0 Å². The van der Waals surface area contributed by atoms with Gasteiger partial charge in [-0.25, -0.2) is 0 Å². The summed E-state index contributed by atoms with van der Waals surface area (Å²) in [4.78, 5) is 4.99. The number of anilines is 6. The molecule has 2 nitrogen and oxygen atoms in total. The van der Waals surface area contributed by atoms with E-state index in [4.69, 9.17) is 0 Å². The third-order valence-electron chi connectivity index (χ3n) is 9.54. The molecule has 2 aliphatic carbocycles. The first kappa shape index (κ1) is 23.6. The summed E-state index contributed by atoms with van der Waals surface area (Å²) in [5.41, 5.74) is 15.4. The molecule has 0 atom stereocenters. The smallest absolute Gasteiger partial charge is 0.0745 e. The largest absolute Gasteiger partial charge is 0.306 e. The fraction of sp³-hybridized carbons (Fsp3) is 0.100. The number of para-hydroxylation sites is 3. The van der Waals surface area contributed by atoms with Crippen LogP contribution in [0.5, 0.6) is 0 Å². The first-order valence-electron chi connectivity index (χ1n) is 14.9. The second-order valence-corrected chi connectivity index (χ2v) is 12.2. The van der Waals surface area contributed by atoms with Crippen molar-refractivity contribution in [3.05, 3.63) is 150 Å². The van der Waals surface area contributed by atoms with Crippen LogP contribution in [0.4, 0.5) is 34.1 Å². The van der Waals surface area contributed by atoms with Gasteiger partial charge in [-0.15, -0.1) is 0 Å². The minimum atomic E-state index is -0.0643. The van der Waals surface area contributed by atoms with Crippen LogP contribution in [0, 0.1) is 0 Å². The number of nitrogens with zero attached hydrogens (tertiary/aromatic N) is 2. The molecule has 42 heavy (non-hydrogen) atoms. The van der Waals surface area contributed by atoms with E-state index in [-0.39, 0.29) is 5.41 Å². The van der Waals surface area contributed by atoms with Gasteiger partial charge in [-0.1, -0.05) is 105 Å². The highest BCUT2D eigenvalue weighted by atomic mass is 15.3. The SMILES string of the molecule is CC1(C)c2ccccc2-c2ccc(N3c4ccccc4N(c4ccccc4)c4c3cc3cccc5c3c4CC=C5)cc21. The molecule has 0 N–H and O–H groups in total. The van der Waals surface area contributed by atoms with Crippen molar-refractivity contribution in [1.29, 1.82) is 0 Å². The van der Waals surface area contributed by atoms with Crippen LogP contribution in [0.25, 0.3) is 28.0 Å². The highest BCUT2D eigenvalue weighted by Crippen LogP contribution is 2.58. The molecular formula is C40H30N2. The van der Waals surface area contributed by atoms with E-state index in [2.05, 4.69) is 157 Å². The normalized spacial score (nSPS) is 15.3. The lowest BCUT2D eigenvalue weighted by Crippen LogP contribution is -2.26. The summed E-state index contributed by atoms with van der Waals surface area (Å²) >= 11 is 0. The van der Waals surface area contributed by atoms with Crippen molar-refractivity contribution in [2.24, 2.45) is 0 Å². The average Bonchev–Trinajstić information content (AvgIpc) is 3.26. The molecule has 0 amide bonds. The van der Waals surface area contributed by atoms with Crippen LogP contribution in [0.2, 0.25) is 0 Å². The fourth-order valence-electron chi connectivity index (χ4n) is 7.65. The van der Waals surface area contributed by atoms with Gasteiger partial charge in [0.25, 0.3) is 0 Å². The van der Waals surface area contributed by atoms with Crippen molar-refractivity contribution >= 4 is 51.0 Å². The van der Waals surface area contributed by atoms with Crippen molar-refractivity contribution in [2.75, 3.05) is 9.80 Å². The van der Waals surface area contributed by atoms with E-state index in [0.717, 1.165) is 6.42 Å². The molecule has 0 spiro atoms. The Morgan fingerprint density at radius 3 is 2.17 bits per heavy atom. The van der Waals surface area contributed by atoms with Crippen molar-refractivity contribution in [3.8, 4) is 11.1 Å². The van der Waals surface area contributed by atoms with Gasteiger partial charge in [0.05, 0.1) is 22.7 Å². The molecule has 9 rings (SSSR count). The zero-order valence-electron chi connectivity index (χ0n) is 23.8. The standard InChI is InChI=1S/C40H30N2/c1-40(2)33-19-7-6-17-30(33)31-23-22-29(25-34(31)40)41-35-20-8-9-21-36(35)42(28-15-4-3-5-16-28)39-32-18-11-13-26-12-10-14-27(38(26)32)24-37(39)41/h3-17,19-25H,18H2,1-2H3. The predicted molar refractivity (Wildman–Crippen MR) is 177 cm³/mol. The van der Waals surface area contributed by atoms with Crippen molar-refractivity contribution in [1.82, 2.24) is 0 Å². The summed E-state index contributed by atoms with van der Waals surface area (Å²) in [6.07, 6.45) is 5.51. The number of hydrogen-bond acceptors (Lipinski definition) is 2. The molecule has 1 heterocycles. The Bertz CT molecular complexity index is 2100. The summed E-state index contributed by atoms with van der Waals surface area (Å²) in [5, 5.41) is 2.65. The van der Waals surface area contributed by atoms with Crippen LogP contribution in [-0.2, 0) is 11.8 Å². The summed E-state index contributed by atoms with van der Waals surface area (Å²) < 4.78 is 0. The van der Waals surface area contributed by atoms with Crippen LogP contribution >= 0.6 is 0 Å². The second-order valence-electron chi connectivity index (χ2n) is 12.2. The molecule has 2 heteroatoms. The van der Waals surface area contributed by atoms with Crippen molar-refractivity contribution in [2.45, 2.75) is 25.7 Å². The lowest BCUT2D eigenvalue weighted by Gasteiger charge is -2.42. The van der Waals surface area contributed by atoms with E-state index >= 15 is 0 Å². The molecule has 0 bridgehead atoms. The Morgan fingerprint density at radius 2 is 1.31 bits per heavy atom. The van der Waals surface area contributed by atoms with E-state index in [9.17, 15) is 0 Å². The molecule has 0 saturated carbocycles. The van der Waals surface area contributed by atoms with Gasteiger partial charge in [-0.2, -0.15) is 0 Å². The topological polar surface area (TPSA) is 6.48 Å². The highest BCUT2D eigenvalue weighted by molar-refractivity contribution is 6.10. The third kappa shape index (κ3) is 3.10. The quantitative estimate of drug-likeness (QED) is 0.216. The number of fused-ring (bicyclic) bond motifs is 6. The van der Waals surface area contributed by atoms with E-state index in [1.807, 2.05) is 0 Å². The Balaban J connectivity index is 1.36. The van der Waals surface area contributed by atoms with Crippen molar-refractivity contribution < 1.29 is 0 Å². The van der Waals surface area contributed by atoms with E-state index in [1.54, 1.807) is 0 Å². The maximum absolute atomic E-state index is 2.50. The van der Waals surface area contributed by atoms with Gasteiger partial charge in [0, 0.05) is 16.8 Å². The van der Waals surface area contributed by atoms with Gasteiger partial charge in [0.2, 0.25) is 0 Å². The van der Waals surface area contributed by atoms with Crippen LogP contribution < -0.4 is 9.80 Å². The molecule has 0 unspecified atom stereocenters. The molecular weight excluding hydrogens is 508 g/mol. The van der Waals surface area contributed by atoms with Crippen LogP contribution in [0.3, 0.4) is 0 Å². The van der Waals surface area contributed by atoms with Crippen LogP contribution in [0.15, 0.2) is 127 Å². The van der Waals surface area contributed by atoms with E-state index in [0.29, 0.717) is 0 Å². The molecule has 3 aliphatic rings. The number of allylic oxidation sites excluding steroid dienone is 1. The van der Waals surface area contributed by atoms with Gasteiger partial charge in [-0.3, -0.25) is 0 Å². The summed E-state index contributed by atoms with van der Waals surface area (Å²) in [6, 6.07) is 44.8. The van der Waals surface area contributed by atoms with Gasteiger partial charge in [0.15, 0.2) is 0 Å². The molecule has 0 radical (unpaired) electrons. The minimum Gasteiger partial charge on any atom is -0.306 e. The minimum absolute atomic E-state index is 0.0643. The summed E-state index contributed by atoms with van der Waals surface area (Å²) in [5.74, 6) is 0. The number of rotatable bonds is 2. The van der Waals surface area contributed by atoms with Crippen LogP contribution in [0.1, 0.15) is 36.1 Å². The van der Waals surface area contributed by atoms with Gasteiger partial charge >= 0.3 is 0 Å². The molecule has 0 saturated heterocycles. The summed E-state index contributed by atoms with van der Waals surface area (Å²) in [6.45, 7) is 4.73. The van der Waals surface area contributed by atoms with Crippen LogP contribution in [-0.4, -0.2) is 0 Å². The molecule has 200 valence electrons. The molecule has 0 aromatic heterocycles.